The van der Waals surface area contributed by atoms with Gasteiger partial charge in [-0.2, -0.15) is 5.26 Å². The molecular formula is C19H19NO2. The van der Waals surface area contributed by atoms with E-state index in [1.165, 1.54) is 5.56 Å². The smallest absolute Gasteiger partial charge is 0.200 e. The number of Topliss-reactive ketones (excluding diaryl/α,β-unsaturated/α-hetero) is 1. The number of hydrogen-bond donors (Lipinski definition) is 0. The van der Waals surface area contributed by atoms with E-state index in [-0.39, 0.29) is 12.4 Å². The molecule has 0 aromatic heterocycles. The third-order valence-electron chi connectivity index (χ3n) is 3.75. The van der Waals surface area contributed by atoms with Crippen molar-refractivity contribution < 1.29 is 9.53 Å². The van der Waals surface area contributed by atoms with Crippen LogP contribution >= 0.6 is 0 Å². The molecule has 0 amide bonds. The molecule has 0 saturated heterocycles. The lowest BCUT2D eigenvalue weighted by Gasteiger charge is -2.10. The minimum atomic E-state index is -0.0712. The topological polar surface area (TPSA) is 50.1 Å². The molecule has 1 atom stereocenters. The minimum absolute atomic E-state index is 0.0302. The number of nitriles is 1. The van der Waals surface area contributed by atoms with Crippen LogP contribution in [-0.2, 0) is 0 Å². The largest absolute Gasteiger partial charge is 0.485 e. The van der Waals surface area contributed by atoms with Crippen molar-refractivity contribution in [3.63, 3.8) is 0 Å². The van der Waals surface area contributed by atoms with Crippen LogP contribution in [-0.4, -0.2) is 12.4 Å². The lowest BCUT2D eigenvalue weighted by molar-refractivity contribution is 0.0921. The number of nitrogens with zero attached hydrogens (tertiary/aromatic N) is 1. The Morgan fingerprint density at radius 1 is 1.23 bits per heavy atom. The van der Waals surface area contributed by atoms with Crippen LogP contribution in [0.2, 0.25) is 0 Å². The first-order chi connectivity index (χ1) is 10.6. The highest BCUT2D eigenvalue weighted by Gasteiger charge is 2.09. The van der Waals surface area contributed by atoms with Crippen molar-refractivity contribution in [2.24, 2.45) is 0 Å². The van der Waals surface area contributed by atoms with E-state index in [9.17, 15) is 4.79 Å². The average Bonchev–Trinajstić information content (AvgIpc) is 2.59. The highest BCUT2D eigenvalue weighted by molar-refractivity contribution is 5.97. The molecule has 3 nitrogen and oxygen atoms in total. The molecule has 0 fully saturated rings. The quantitative estimate of drug-likeness (QED) is 0.745. The van der Waals surface area contributed by atoms with Gasteiger partial charge in [-0.15, -0.1) is 0 Å². The van der Waals surface area contributed by atoms with Crippen LogP contribution in [0, 0.1) is 11.3 Å². The number of benzene rings is 2. The molecule has 0 saturated carbocycles. The van der Waals surface area contributed by atoms with Crippen LogP contribution in [0.15, 0.2) is 48.5 Å². The minimum Gasteiger partial charge on any atom is -0.485 e. The van der Waals surface area contributed by atoms with E-state index in [0.29, 0.717) is 22.8 Å². The highest BCUT2D eigenvalue weighted by Crippen LogP contribution is 2.19. The zero-order valence-corrected chi connectivity index (χ0v) is 12.9. The summed E-state index contributed by atoms with van der Waals surface area (Å²) in [5.74, 6) is 0.954. The number of hydrogen-bond acceptors (Lipinski definition) is 3. The van der Waals surface area contributed by atoms with Crippen LogP contribution in [0.4, 0.5) is 0 Å². The Balaban J connectivity index is 1.98. The number of rotatable bonds is 6. The maximum Gasteiger partial charge on any atom is 0.200 e. The zero-order chi connectivity index (χ0) is 15.9. The predicted molar refractivity (Wildman–Crippen MR) is 86.1 cm³/mol. The van der Waals surface area contributed by atoms with Crippen LogP contribution in [0.1, 0.15) is 47.7 Å². The molecule has 1 unspecified atom stereocenters. The summed E-state index contributed by atoms with van der Waals surface area (Å²) in [4.78, 5) is 12.1. The summed E-state index contributed by atoms with van der Waals surface area (Å²) in [6, 6.07) is 16.5. The number of ketones is 1. The van der Waals surface area contributed by atoms with E-state index < -0.39 is 0 Å². The van der Waals surface area contributed by atoms with Crippen molar-refractivity contribution in [3.8, 4) is 11.8 Å². The van der Waals surface area contributed by atoms with Gasteiger partial charge in [-0.25, -0.2) is 0 Å². The normalized spacial score (nSPS) is 11.5. The van der Waals surface area contributed by atoms with E-state index in [2.05, 4.69) is 13.8 Å². The Morgan fingerprint density at radius 2 is 1.95 bits per heavy atom. The molecule has 2 rings (SSSR count). The SMILES string of the molecule is CCC(C)c1ccc(C(=O)COc2cccc(C#N)c2)cc1. The van der Waals surface area contributed by atoms with Crippen molar-refractivity contribution in [1.29, 1.82) is 5.26 Å². The third kappa shape index (κ3) is 3.95. The van der Waals surface area contributed by atoms with Crippen molar-refractivity contribution in [3.05, 3.63) is 65.2 Å². The van der Waals surface area contributed by atoms with Gasteiger partial charge in [0.25, 0.3) is 0 Å². The molecule has 2 aromatic rings. The Bertz CT molecular complexity index is 683. The molecule has 112 valence electrons. The van der Waals surface area contributed by atoms with Gasteiger partial charge in [-0.1, -0.05) is 44.2 Å². The second-order valence-corrected chi connectivity index (χ2v) is 5.28. The molecule has 0 N–H and O–H groups in total. The lowest BCUT2D eigenvalue weighted by atomic mass is 9.97. The zero-order valence-electron chi connectivity index (χ0n) is 12.9. The summed E-state index contributed by atoms with van der Waals surface area (Å²) in [5.41, 5.74) is 2.40. The molecule has 0 bridgehead atoms. The summed E-state index contributed by atoms with van der Waals surface area (Å²) in [6.45, 7) is 4.28. The van der Waals surface area contributed by atoms with Crippen LogP contribution in [0.3, 0.4) is 0 Å². The van der Waals surface area contributed by atoms with Gasteiger partial charge in [0.2, 0.25) is 0 Å². The summed E-state index contributed by atoms with van der Waals surface area (Å²) in [6.07, 6.45) is 1.08. The van der Waals surface area contributed by atoms with E-state index >= 15 is 0 Å². The molecule has 0 aliphatic rings. The maximum atomic E-state index is 12.1. The summed E-state index contributed by atoms with van der Waals surface area (Å²) in [7, 11) is 0. The van der Waals surface area contributed by atoms with Crippen molar-refractivity contribution in [1.82, 2.24) is 0 Å². The summed E-state index contributed by atoms with van der Waals surface area (Å²) >= 11 is 0. The van der Waals surface area contributed by atoms with Crippen molar-refractivity contribution in [2.75, 3.05) is 6.61 Å². The summed E-state index contributed by atoms with van der Waals surface area (Å²) in [5, 5.41) is 8.84. The number of carbonyl (C=O) groups excluding carboxylic acids is 1. The van der Waals surface area contributed by atoms with Gasteiger partial charge in [0, 0.05) is 5.56 Å². The van der Waals surface area contributed by atoms with E-state index in [0.717, 1.165) is 6.42 Å². The van der Waals surface area contributed by atoms with Crippen LogP contribution in [0.25, 0.3) is 0 Å². The molecule has 0 aliphatic carbocycles. The van der Waals surface area contributed by atoms with E-state index in [1.807, 2.05) is 30.3 Å². The van der Waals surface area contributed by atoms with Gasteiger partial charge in [-0.3, -0.25) is 4.79 Å². The lowest BCUT2D eigenvalue weighted by Crippen LogP contribution is -2.11. The molecule has 0 spiro atoms. The first kappa shape index (κ1) is 15.8. The molecule has 0 radical (unpaired) electrons. The molecule has 22 heavy (non-hydrogen) atoms. The fourth-order valence-corrected chi connectivity index (χ4v) is 2.12. The monoisotopic (exact) mass is 293 g/mol. The van der Waals surface area contributed by atoms with Gasteiger partial charge in [0.15, 0.2) is 12.4 Å². The van der Waals surface area contributed by atoms with Gasteiger partial charge in [0.05, 0.1) is 11.6 Å². The Morgan fingerprint density at radius 3 is 2.59 bits per heavy atom. The average molecular weight is 293 g/mol. The Kier molecular flexibility index (Phi) is 5.32. The number of ether oxygens (including phenoxy) is 1. The Hall–Kier alpha value is -2.60. The summed E-state index contributed by atoms with van der Waals surface area (Å²) < 4.78 is 5.46. The second kappa shape index (κ2) is 7.42. The van der Waals surface area contributed by atoms with Crippen LogP contribution in [0.5, 0.6) is 5.75 Å². The van der Waals surface area contributed by atoms with Gasteiger partial charge < -0.3 is 4.74 Å². The van der Waals surface area contributed by atoms with E-state index in [1.54, 1.807) is 24.3 Å². The van der Waals surface area contributed by atoms with Gasteiger partial charge in [-0.05, 0) is 36.1 Å². The molecule has 0 aliphatic heterocycles. The molecule has 2 aromatic carbocycles. The predicted octanol–water partition coefficient (Wildman–Crippen LogP) is 4.33. The molecule has 3 heteroatoms. The van der Waals surface area contributed by atoms with E-state index in [4.69, 9.17) is 10.00 Å². The first-order valence-electron chi connectivity index (χ1n) is 7.40. The standard InChI is InChI=1S/C19H19NO2/c1-3-14(2)16-7-9-17(10-8-16)19(21)13-22-18-6-4-5-15(11-18)12-20/h4-11,14H,3,13H2,1-2H3. The molecule has 0 heterocycles. The Labute approximate surface area is 131 Å². The maximum absolute atomic E-state index is 12.1. The number of carbonyl (C=O) groups is 1. The third-order valence-corrected chi connectivity index (χ3v) is 3.75. The fraction of sp³-hybridized carbons (Fsp3) is 0.263. The van der Waals surface area contributed by atoms with Crippen LogP contribution < -0.4 is 4.74 Å². The first-order valence-corrected chi connectivity index (χ1v) is 7.40. The van der Waals surface area contributed by atoms with Gasteiger partial charge >= 0.3 is 0 Å². The van der Waals surface area contributed by atoms with Gasteiger partial charge in [0.1, 0.15) is 5.75 Å². The fourth-order valence-electron chi connectivity index (χ4n) is 2.12. The highest BCUT2D eigenvalue weighted by atomic mass is 16.5. The molecular weight excluding hydrogens is 274 g/mol. The second-order valence-electron chi connectivity index (χ2n) is 5.28. The van der Waals surface area contributed by atoms with Crippen molar-refractivity contribution >= 4 is 5.78 Å². The van der Waals surface area contributed by atoms with Crippen molar-refractivity contribution in [2.45, 2.75) is 26.2 Å².